The van der Waals surface area contributed by atoms with Gasteiger partial charge < -0.3 is 15.4 Å². The number of carbonyl (C=O) groups is 2. The molecule has 0 radical (unpaired) electrons. The Morgan fingerprint density at radius 1 is 1.17 bits per heavy atom. The van der Waals surface area contributed by atoms with Crippen molar-refractivity contribution >= 4 is 11.8 Å². The molecule has 1 aliphatic rings. The number of nitrogens with one attached hydrogen (secondary N) is 2. The van der Waals surface area contributed by atoms with Gasteiger partial charge in [-0.15, -0.1) is 0 Å². The molecule has 2 aromatic rings. The molecule has 0 spiro atoms. The number of methoxy groups -OCH3 is 1. The first-order valence-corrected chi connectivity index (χ1v) is 9.65. The first-order chi connectivity index (χ1) is 14.3. The molecule has 1 fully saturated rings. The Balaban J connectivity index is 1.64. The molecule has 3 rings (SSSR count). The van der Waals surface area contributed by atoms with Gasteiger partial charge in [-0.1, -0.05) is 12.1 Å². The van der Waals surface area contributed by atoms with Crippen molar-refractivity contribution in [2.75, 3.05) is 7.11 Å². The number of ether oxygens (including phenoxy) is 1. The van der Waals surface area contributed by atoms with E-state index in [4.69, 9.17) is 4.74 Å². The first kappa shape index (κ1) is 21.7. The lowest BCUT2D eigenvalue weighted by molar-refractivity contribution is -0.122. The van der Waals surface area contributed by atoms with Crippen LogP contribution in [0.15, 0.2) is 36.4 Å². The third-order valence-electron chi connectivity index (χ3n) is 5.35. The normalized spacial score (nSPS) is 18.2. The lowest BCUT2D eigenvalue weighted by atomic mass is 9.85. The summed E-state index contributed by atoms with van der Waals surface area (Å²) in [6, 6.07) is 8.00. The van der Waals surface area contributed by atoms with E-state index in [0.717, 1.165) is 17.7 Å². The average molecular weight is 420 g/mol. The lowest BCUT2D eigenvalue weighted by Crippen LogP contribution is -2.44. The lowest BCUT2D eigenvalue weighted by Gasteiger charge is -2.29. The van der Waals surface area contributed by atoms with Crippen LogP contribution in [0.25, 0.3) is 0 Å². The molecule has 160 valence electrons. The van der Waals surface area contributed by atoms with Crippen molar-refractivity contribution in [1.82, 2.24) is 10.6 Å². The minimum absolute atomic E-state index is 0.0642. The molecule has 0 aromatic heterocycles. The van der Waals surface area contributed by atoms with Gasteiger partial charge in [0.1, 0.15) is 11.6 Å². The van der Waals surface area contributed by atoms with Gasteiger partial charge in [0, 0.05) is 30.5 Å². The van der Waals surface area contributed by atoms with Gasteiger partial charge in [0.05, 0.1) is 7.11 Å². The van der Waals surface area contributed by atoms with Gasteiger partial charge in [-0.25, -0.2) is 13.2 Å². The number of benzene rings is 2. The van der Waals surface area contributed by atoms with E-state index in [9.17, 15) is 22.8 Å². The van der Waals surface area contributed by atoms with Crippen molar-refractivity contribution in [2.24, 2.45) is 0 Å². The number of hydrogen-bond acceptors (Lipinski definition) is 3. The zero-order valence-electron chi connectivity index (χ0n) is 16.6. The number of halogens is 3. The van der Waals surface area contributed by atoms with Crippen LogP contribution in [0.2, 0.25) is 0 Å². The topological polar surface area (TPSA) is 67.4 Å². The van der Waals surface area contributed by atoms with Crippen LogP contribution >= 0.6 is 0 Å². The summed E-state index contributed by atoms with van der Waals surface area (Å²) < 4.78 is 46.1. The monoisotopic (exact) mass is 420 g/mol. The molecule has 8 heteroatoms. The number of hydrogen-bond donors (Lipinski definition) is 2. The summed E-state index contributed by atoms with van der Waals surface area (Å²) >= 11 is 0. The Labute approximate surface area is 172 Å². The molecule has 1 saturated heterocycles. The van der Waals surface area contributed by atoms with Gasteiger partial charge in [-0.2, -0.15) is 0 Å². The van der Waals surface area contributed by atoms with E-state index in [1.54, 1.807) is 12.1 Å². The van der Waals surface area contributed by atoms with E-state index >= 15 is 0 Å². The second-order valence-corrected chi connectivity index (χ2v) is 7.45. The summed E-state index contributed by atoms with van der Waals surface area (Å²) in [5.74, 6) is -2.31. The third kappa shape index (κ3) is 5.11. The van der Waals surface area contributed by atoms with Gasteiger partial charge in [-0.3, -0.25) is 9.59 Å². The molecule has 0 aliphatic carbocycles. The van der Waals surface area contributed by atoms with Crippen molar-refractivity contribution in [3.05, 3.63) is 65.0 Å². The minimum atomic E-state index is -0.722. The molecule has 5 nitrogen and oxygen atoms in total. The molecular weight excluding hydrogens is 397 g/mol. The zero-order valence-corrected chi connectivity index (χ0v) is 16.6. The van der Waals surface area contributed by atoms with Crippen LogP contribution in [0.5, 0.6) is 5.75 Å². The second kappa shape index (κ2) is 9.19. The number of amides is 2. The van der Waals surface area contributed by atoms with Gasteiger partial charge in [0.15, 0.2) is 11.6 Å². The van der Waals surface area contributed by atoms with E-state index in [0.29, 0.717) is 25.7 Å². The van der Waals surface area contributed by atoms with Gasteiger partial charge in [0.25, 0.3) is 0 Å². The molecule has 2 aromatic carbocycles. The minimum Gasteiger partial charge on any atom is -0.494 e. The summed E-state index contributed by atoms with van der Waals surface area (Å²) in [7, 11) is 1.37. The fraction of sp³-hybridized carbons (Fsp3) is 0.364. The molecular formula is C22H23F3N2O3. The largest absolute Gasteiger partial charge is 0.494 e. The van der Waals surface area contributed by atoms with Crippen molar-refractivity contribution in [3.63, 3.8) is 0 Å². The highest BCUT2D eigenvalue weighted by molar-refractivity contribution is 5.80. The molecule has 1 aliphatic heterocycles. The summed E-state index contributed by atoms with van der Waals surface area (Å²) in [6.45, 7) is -0.258. The van der Waals surface area contributed by atoms with Crippen molar-refractivity contribution in [1.29, 1.82) is 0 Å². The van der Waals surface area contributed by atoms with Gasteiger partial charge in [0.2, 0.25) is 11.8 Å². The van der Waals surface area contributed by atoms with E-state index in [1.165, 1.54) is 19.2 Å². The van der Waals surface area contributed by atoms with Crippen molar-refractivity contribution in [3.8, 4) is 5.75 Å². The fourth-order valence-corrected chi connectivity index (χ4v) is 3.72. The van der Waals surface area contributed by atoms with Crippen LogP contribution in [0.4, 0.5) is 13.2 Å². The molecule has 30 heavy (non-hydrogen) atoms. The Morgan fingerprint density at radius 2 is 1.90 bits per heavy atom. The molecule has 1 heterocycles. The van der Waals surface area contributed by atoms with E-state index in [1.807, 2.05) is 0 Å². The highest BCUT2D eigenvalue weighted by Gasteiger charge is 2.38. The Morgan fingerprint density at radius 3 is 2.53 bits per heavy atom. The SMILES string of the molecule is COc1cc(CC2(CCC(=O)NCc3c(F)cccc3F)CCC(=O)N2)ccc1F. The van der Waals surface area contributed by atoms with Crippen LogP contribution in [-0.2, 0) is 22.6 Å². The van der Waals surface area contributed by atoms with E-state index < -0.39 is 23.0 Å². The molecule has 2 N–H and O–H groups in total. The summed E-state index contributed by atoms with van der Waals surface area (Å²) in [5, 5.41) is 5.46. The fourth-order valence-electron chi connectivity index (χ4n) is 3.72. The van der Waals surface area contributed by atoms with Crippen molar-refractivity contribution < 1.29 is 27.5 Å². The number of rotatable bonds is 8. The summed E-state index contributed by atoms with van der Waals surface area (Å²) in [6.07, 6.45) is 1.67. The van der Waals surface area contributed by atoms with Crippen LogP contribution in [0, 0.1) is 17.5 Å². The second-order valence-electron chi connectivity index (χ2n) is 7.45. The number of carbonyl (C=O) groups excluding carboxylic acids is 2. The zero-order chi connectivity index (χ0) is 21.7. The molecule has 2 amide bonds. The smallest absolute Gasteiger partial charge is 0.220 e. The van der Waals surface area contributed by atoms with Crippen molar-refractivity contribution in [2.45, 2.75) is 44.2 Å². The van der Waals surface area contributed by atoms with Crippen LogP contribution in [0.3, 0.4) is 0 Å². The summed E-state index contributed by atoms with van der Waals surface area (Å²) in [4.78, 5) is 24.2. The highest BCUT2D eigenvalue weighted by atomic mass is 19.1. The summed E-state index contributed by atoms with van der Waals surface area (Å²) in [5.41, 5.74) is -0.0852. The van der Waals surface area contributed by atoms with Gasteiger partial charge >= 0.3 is 0 Å². The predicted molar refractivity (Wildman–Crippen MR) is 104 cm³/mol. The standard InChI is InChI=1S/C22H23F3N2O3/c1-30-19-11-14(5-6-18(19)25)12-22(10-8-21(29)27-22)9-7-20(28)26-13-15-16(23)3-2-4-17(15)24/h2-6,11H,7-10,12-13H2,1H3,(H,26,28)(H,27,29). The van der Waals surface area contributed by atoms with Crippen LogP contribution in [-0.4, -0.2) is 24.5 Å². The maximum absolute atomic E-state index is 13.7. The van der Waals surface area contributed by atoms with E-state index in [2.05, 4.69) is 10.6 Å². The molecule has 1 unspecified atom stereocenters. The molecule has 1 atom stereocenters. The quantitative estimate of drug-likeness (QED) is 0.688. The highest BCUT2D eigenvalue weighted by Crippen LogP contribution is 2.31. The maximum atomic E-state index is 13.7. The van der Waals surface area contributed by atoms with E-state index in [-0.39, 0.29) is 36.1 Å². The third-order valence-corrected chi connectivity index (χ3v) is 5.35. The molecule has 0 bridgehead atoms. The Kier molecular flexibility index (Phi) is 6.64. The maximum Gasteiger partial charge on any atom is 0.220 e. The average Bonchev–Trinajstić information content (AvgIpc) is 3.08. The predicted octanol–water partition coefficient (Wildman–Crippen LogP) is 3.40. The molecule has 0 saturated carbocycles. The first-order valence-electron chi connectivity index (χ1n) is 9.65. The Bertz CT molecular complexity index is 931. The van der Waals surface area contributed by atoms with Crippen LogP contribution < -0.4 is 15.4 Å². The Hall–Kier alpha value is -3.03. The van der Waals surface area contributed by atoms with Crippen LogP contribution in [0.1, 0.15) is 36.8 Å². The van der Waals surface area contributed by atoms with Gasteiger partial charge in [-0.05, 0) is 49.1 Å².